The minimum absolute atomic E-state index is 0.203. The van der Waals surface area contributed by atoms with Gasteiger partial charge in [0.25, 0.3) is 0 Å². The fraction of sp³-hybridized carbons (Fsp3) is 0.105. The van der Waals surface area contributed by atoms with E-state index < -0.39 is 5.82 Å². The lowest BCUT2D eigenvalue weighted by Gasteiger charge is -2.07. The van der Waals surface area contributed by atoms with Gasteiger partial charge in [-0.25, -0.2) is 14.2 Å². The van der Waals surface area contributed by atoms with Crippen molar-refractivity contribution in [3.8, 4) is 11.1 Å². The molecule has 0 spiro atoms. The second kappa shape index (κ2) is 6.38. The number of aryl methyl sites for hydroxylation is 1. The van der Waals surface area contributed by atoms with Gasteiger partial charge in [-0.05, 0) is 47.9 Å². The van der Waals surface area contributed by atoms with Crippen molar-refractivity contribution in [1.29, 1.82) is 0 Å². The molecule has 4 aromatic rings. The van der Waals surface area contributed by atoms with Crippen LogP contribution < -0.4 is 5.69 Å². The lowest BCUT2D eigenvalue weighted by Crippen LogP contribution is -2.17. The molecule has 3 aromatic heterocycles. The molecule has 1 aromatic carbocycles. The molecule has 3 heterocycles. The molecule has 0 aliphatic heterocycles. The van der Waals surface area contributed by atoms with Crippen LogP contribution in [0.2, 0.25) is 5.02 Å². The molecule has 0 aliphatic carbocycles. The maximum atomic E-state index is 13.4. The molecule has 4 rings (SSSR count). The largest absolute Gasteiger partial charge is 0.327 e. The first-order valence-electron chi connectivity index (χ1n) is 7.96. The van der Waals surface area contributed by atoms with Gasteiger partial charge in [0.15, 0.2) is 5.65 Å². The molecule has 0 bridgehead atoms. The zero-order valence-corrected chi connectivity index (χ0v) is 14.6. The highest BCUT2D eigenvalue weighted by Crippen LogP contribution is 2.26. The average Bonchev–Trinajstić information content (AvgIpc) is 2.92. The van der Waals surface area contributed by atoms with Gasteiger partial charge in [-0.1, -0.05) is 17.7 Å². The molecule has 26 heavy (non-hydrogen) atoms. The van der Waals surface area contributed by atoms with Gasteiger partial charge in [-0.3, -0.25) is 14.5 Å². The number of hydrogen-bond acceptors (Lipinski definition) is 3. The van der Waals surface area contributed by atoms with Crippen molar-refractivity contribution in [3.63, 3.8) is 0 Å². The van der Waals surface area contributed by atoms with E-state index in [-0.39, 0.29) is 12.2 Å². The maximum absolute atomic E-state index is 13.4. The first-order valence-corrected chi connectivity index (χ1v) is 8.33. The van der Waals surface area contributed by atoms with E-state index in [1.807, 2.05) is 31.2 Å². The summed E-state index contributed by atoms with van der Waals surface area (Å²) in [4.78, 5) is 23.2. The molecule has 0 unspecified atom stereocenters. The summed E-state index contributed by atoms with van der Waals surface area (Å²) in [5, 5.41) is 0.694. The van der Waals surface area contributed by atoms with Gasteiger partial charge in [0.1, 0.15) is 5.82 Å². The smallest absolute Gasteiger partial charge is 0.290 e. The van der Waals surface area contributed by atoms with Gasteiger partial charge in [0.05, 0.1) is 18.3 Å². The number of aromatic amines is 1. The predicted octanol–water partition coefficient (Wildman–Crippen LogP) is 3.94. The molecule has 0 amide bonds. The van der Waals surface area contributed by atoms with Gasteiger partial charge in [-0.2, -0.15) is 0 Å². The molecule has 1 N–H and O–H groups in total. The van der Waals surface area contributed by atoms with Crippen LogP contribution in [0.15, 0.2) is 53.7 Å². The second-order valence-corrected chi connectivity index (χ2v) is 6.49. The Morgan fingerprint density at radius 1 is 1.15 bits per heavy atom. The third-order valence-electron chi connectivity index (χ3n) is 4.22. The van der Waals surface area contributed by atoms with Crippen LogP contribution >= 0.6 is 11.6 Å². The Bertz CT molecular complexity index is 1180. The van der Waals surface area contributed by atoms with E-state index in [2.05, 4.69) is 15.0 Å². The highest BCUT2D eigenvalue weighted by atomic mass is 35.5. The third-order valence-corrected chi connectivity index (χ3v) is 4.65. The van der Waals surface area contributed by atoms with Crippen molar-refractivity contribution >= 4 is 22.8 Å². The van der Waals surface area contributed by atoms with Gasteiger partial charge >= 0.3 is 5.69 Å². The molecule has 0 atom stereocenters. The quantitative estimate of drug-likeness (QED) is 0.595. The summed E-state index contributed by atoms with van der Waals surface area (Å²) in [5.41, 5.74) is 4.19. The van der Waals surface area contributed by atoms with E-state index in [9.17, 15) is 9.18 Å². The number of fused-ring (bicyclic) bond motifs is 1. The molecule has 0 fully saturated rings. The lowest BCUT2D eigenvalue weighted by atomic mass is 10.1. The van der Waals surface area contributed by atoms with Gasteiger partial charge in [0.2, 0.25) is 0 Å². The summed E-state index contributed by atoms with van der Waals surface area (Å²) in [6.07, 6.45) is 4.37. The van der Waals surface area contributed by atoms with E-state index in [0.717, 1.165) is 22.9 Å². The fourth-order valence-corrected chi connectivity index (χ4v) is 3.01. The van der Waals surface area contributed by atoms with Gasteiger partial charge < -0.3 is 0 Å². The van der Waals surface area contributed by atoms with Crippen LogP contribution in [0, 0.1) is 12.7 Å². The van der Waals surface area contributed by atoms with Crippen LogP contribution in [0.25, 0.3) is 22.3 Å². The molecular weight excluding hydrogens is 355 g/mol. The summed E-state index contributed by atoms with van der Waals surface area (Å²) >= 11 is 6.09. The molecule has 0 aliphatic rings. The molecule has 0 saturated carbocycles. The molecular formula is C19H14ClFN4O. The standard InChI is InChI=1S/C19H14ClFN4O/c1-11-4-13(2-3-16(11)20)14-6-17-18(23-8-14)24-19(26)25(17)10-12-5-15(21)9-22-7-12/h2-9H,10H2,1H3,(H,23,24,26). The number of aromatic nitrogens is 4. The van der Waals surface area contributed by atoms with Crippen molar-refractivity contribution in [3.05, 3.63) is 81.4 Å². The number of benzene rings is 1. The monoisotopic (exact) mass is 368 g/mol. The zero-order valence-electron chi connectivity index (χ0n) is 13.8. The van der Waals surface area contributed by atoms with E-state index in [0.29, 0.717) is 21.7 Å². The molecule has 7 heteroatoms. The number of hydrogen-bond donors (Lipinski definition) is 1. The lowest BCUT2D eigenvalue weighted by molar-refractivity contribution is 0.616. The number of nitrogens with zero attached hydrogens (tertiary/aromatic N) is 3. The second-order valence-electron chi connectivity index (χ2n) is 6.08. The SMILES string of the molecule is Cc1cc(-c2cnc3[nH]c(=O)n(Cc4cncc(F)c4)c3c2)ccc1Cl. The predicted molar refractivity (Wildman–Crippen MR) is 98.8 cm³/mol. The Hall–Kier alpha value is -2.99. The third kappa shape index (κ3) is 2.99. The normalized spacial score (nSPS) is 11.2. The van der Waals surface area contributed by atoms with Crippen molar-refractivity contribution in [1.82, 2.24) is 19.5 Å². The fourth-order valence-electron chi connectivity index (χ4n) is 2.90. The first kappa shape index (κ1) is 16.5. The Morgan fingerprint density at radius 2 is 2.00 bits per heavy atom. The van der Waals surface area contributed by atoms with Crippen LogP contribution in [-0.2, 0) is 6.54 Å². The topological polar surface area (TPSA) is 63.6 Å². The highest BCUT2D eigenvalue weighted by Gasteiger charge is 2.11. The number of nitrogens with one attached hydrogen (secondary N) is 1. The summed E-state index contributed by atoms with van der Waals surface area (Å²) in [5.74, 6) is -0.439. The van der Waals surface area contributed by atoms with E-state index in [4.69, 9.17) is 11.6 Å². The first-order chi connectivity index (χ1) is 12.5. The van der Waals surface area contributed by atoms with E-state index >= 15 is 0 Å². The number of H-pyrrole nitrogens is 1. The number of rotatable bonds is 3. The number of imidazole rings is 1. The van der Waals surface area contributed by atoms with Crippen LogP contribution in [0.1, 0.15) is 11.1 Å². The summed E-state index contributed by atoms with van der Waals surface area (Å²) in [6, 6.07) is 8.95. The Labute approximate surface area is 153 Å². The minimum Gasteiger partial charge on any atom is -0.290 e. The maximum Gasteiger partial charge on any atom is 0.327 e. The highest BCUT2D eigenvalue weighted by molar-refractivity contribution is 6.31. The Morgan fingerprint density at radius 3 is 2.77 bits per heavy atom. The Balaban J connectivity index is 1.82. The average molecular weight is 369 g/mol. The summed E-state index contributed by atoms with van der Waals surface area (Å²) < 4.78 is 14.9. The van der Waals surface area contributed by atoms with Crippen molar-refractivity contribution in [2.75, 3.05) is 0 Å². The molecule has 130 valence electrons. The van der Waals surface area contributed by atoms with Gasteiger partial charge in [-0.15, -0.1) is 0 Å². The van der Waals surface area contributed by atoms with Crippen molar-refractivity contribution in [2.45, 2.75) is 13.5 Å². The zero-order chi connectivity index (χ0) is 18.3. The van der Waals surface area contributed by atoms with Gasteiger partial charge in [0, 0.05) is 23.0 Å². The minimum atomic E-state index is -0.439. The van der Waals surface area contributed by atoms with Crippen LogP contribution in [-0.4, -0.2) is 19.5 Å². The van der Waals surface area contributed by atoms with Crippen molar-refractivity contribution < 1.29 is 4.39 Å². The van der Waals surface area contributed by atoms with E-state index in [1.165, 1.54) is 16.8 Å². The number of pyridine rings is 2. The number of halogens is 2. The molecule has 0 saturated heterocycles. The van der Waals surface area contributed by atoms with Crippen LogP contribution in [0.5, 0.6) is 0 Å². The summed E-state index contributed by atoms with van der Waals surface area (Å²) in [7, 11) is 0. The van der Waals surface area contributed by atoms with Crippen molar-refractivity contribution in [2.24, 2.45) is 0 Å². The van der Waals surface area contributed by atoms with E-state index in [1.54, 1.807) is 6.20 Å². The molecule has 5 nitrogen and oxygen atoms in total. The summed E-state index contributed by atoms with van der Waals surface area (Å²) in [6.45, 7) is 2.13. The van der Waals surface area contributed by atoms with Crippen LogP contribution in [0.3, 0.4) is 0 Å². The molecule has 0 radical (unpaired) electrons. The van der Waals surface area contributed by atoms with Crippen LogP contribution in [0.4, 0.5) is 4.39 Å². The Kier molecular flexibility index (Phi) is 4.05.